The van der Waals surface area contributed by atoms with Crippen LogP contribution >= 0.6 is 0 Å². The number of fused-ring (bicyclic) bond motifs is 1. The quantitative estimate of drug-likeness (QED) is 0.440. The second-order valence-corrected chi connectivity index (χ2v) is 10.1. The van der Waals surface area contributed by atoms with Gasteiger partial charge in [0, 0.05) is 12.0 Å². The van der Waals surface area contributed by atoms with Crippen LogP contribution in [0.2, 0.25) is 0 Å². The van der Waals surface area contributed by atoms with E-state index < -0.39 is 44.4 Å². The van der Waals surface area contributed by atoms with E-state index >= 15 is 0 Å². The zero-order chi connectivity index (χ0) is 27.0. The Morgan fingerprint density at radius 1 is 1.08 bits per heavy atom. The Bertz CT molecular complexity index is 1440. The van der Waals surface area contributed by atoms with Crippen LogP contribution in [0.25, 0.3) is 11.1 Å². The molecular weight excluding hydrogens is 519 g/mol. The van der Waals surface area contributed by atoms with Gasteiger partial charge in [-0.25, -0.2) is 17.2 Å². The predicted molar refractivity (Wildman–Crippen MR) is 125 cm³/mol. The minimum Gasteiger partial charge on any atom is -0.484 e. The first kappa shape index (κ1) is 26.4. The van der Waals surface area contributed by atoms with Crippen LogP contribution in [0.15, 0.2) is 65.6 Å². The molecule has 6 nitrogen and oxygen atoms in total. The van der Waals surface area contributed by atoms with Gasteiger partial charge < -0.3 is 10.1 Å². The summed E-state index contributed by atoms with van der Waals surface area (Å²) in [6.07, 6.45) is -5.47. The fraction of sp³-hybridized carbons (Fsp3) is 0.240. The van der Waals surface area contributed by atoms with Crippen LogP contribution in [0.3, 0.4) is 0 Å². The van der Waals surface area contributed by atoms with Gasteiger partial charge in [0.1, 0.15) is 23.5 Å². The van der Waals surface area contributed by atoms with Crippen LogP contribution < -0.4 is 14.4 Å². The normalized spacial score (nSPS) is 15.6. The molecule has 1 atom stereocenters. The van der Waals surface area contributed by atoms with Crippen molar-refractivity contribution in [3.05, 3.63) is 77.9 Å². The molecule has 0 radical (unpaired) electrons. The second kappa shape index (κ2) is 10.0. The number of alkyl halides is 3. The Balaban J connectivity index is 1.82. The van der Waals surface area contributed by atoms with Gasteiger partial charge in [0.05, 0.1) is 29.2 Å². The van der Waals surface area contributed by atoms with Crippen molar-refractivity contribution in [1.29, 1.82) is 0 Å². The number of nitrogens with zero attached hydrogens (tertiary/aromatic N) is 1. The number of anilines is 1. The van der Waals surface area contributed by atoms with Gasteiger partial charge in [0.2, 0.25) is 5.91 Å². The first-order chi connectivity index (χ1) is 17.4. The van der Waals surface area contributed by atoms with Crippen LogP contribution in [0, 0.1) is 11.6 Å². The van der Waals surface area contributed by atoms with Crippen LogP contribution in [-0.4, -0.2) is 33.5 Å². The fourth-order valence-corrected chi connectivity index (χ4v) is 5.39. The number of sulfonamides is 1. The lowest BCUT2D eigenvalue weighted by atomic mass is 10.0. The van der Waals surface area contributed by atoms with Crippen LogP contribution in [-0.2, 0) is 21.0 Å². The van der Waals surface area contributed by atoms with E-state index in [1.807, 2.05) is 0 Å². The zero-order valence-electron chi connectivity index (χ0n) is 19.4. The van der Waals surface area contributed by atoms with Crippen molar-refractivity contribution < 1.29 is 39.9 Å². The highest BCUT2D eigenvalue weighted by molar-refractivity contribution is 7.92. The Morgan fingerprint density at radius 3 is 2.54 bits per heavy atom. The van der Waals surface area contributed by atoms with E-state index in [0.717, 1.165) is 40.7 Å². The number of benzene rings is 3. The molecule has 1 N–H and O–H groups in total. The van der Waals surface area contributed by atoms with Crippen molar-refractivity contribution in [2.75, 3.05) is 17.4 Å². The number of carbonyl (C=O) groups excluding carboxylic acids is 1. The number of amides is 1. The molecule has 12 heteroatoms. The lowest BCUT2D eigenvalue weighted by molar-refractivity contribution is -0.137. The molecule has 0 saturated heterocycles. The molecule has 0 aromatic heterocycles. The van der Waals surface area contributed by atoms with E-state index in [0.29, 0.717) is 6.07 Å². The number of hydrogen-bond acceptors (Lipinski definition) is 4. The minimum atomic E-state index is -4.77. The monoisotopic (exact) mass is 540 g/mol. The van der Waals surface area contributed by atoms with Gasteiger partial charge in [-0.2, -0.15) is 13.2 Å². The number of nitrogens with one attached hydrogen (secondary N) is 1. The van der Waals surface area contributed by atoms with Gasteiger partial charge in [-0.15, -0.1) is 0 Å². The molecule has 1 aliphatic rings. The van der Waals surface area contributed by atoms with Crippen molar-refractivity contribution in [3.63, 3.8) is 0 Å². The summed E-state index contributed by atoms with van der Waals surface area (Å²) in [5.41, 5.74) is -1.24. The van der Waals surface area contributed by atoms with Crippen LogP contribution in [0.4, 0.5) is 27.6 Å². The molecule has 1 amide bonds. The molecular formula is C25H21F5N2O4S. The maximum Gasteiger partial charge on any atom is 0.416 e. The van der Waals surface area contributed by atoms with Crippen LogP contribution in [0.5, 0.6) is 5.75 Å². The number of hydrogen-bond donors (Lipinski definition) is 1. The maximum absolute atomic E-state index is 14.4. The van der Waals surface area contributed by atoms with Gasteiger partial charge in [0.25, 0.3) is 10.0 Å². The van der Waals surface area contributed by atoms with E-state index in [2.05, 4.69) is 5.32 Å². The molecule has 0 fully saturated rings. The number of rotatable bonds is 6. The van der Waals surface area contributed by atoms with E-state index in [4.69, 9.17) is 4.74 Å². The molecule has 0 spiro atoms. The number of ether oxygens (including phenoxy) is 1. The second-order valence-electron chi connectivity index (χ2n) is 8.27. The van der Waals surface area contributed by atoms with Crippen LogP contribution in [0.1, 0.15) is 18.9 Å². The van der Waals surface area contributed by atoms with Gasteiger partial charge in [-0.3, -0.25) is 9.10 Å². The molecule has 1 aliphatic heterocycles. The molecule has 0 saturated carbocycles. The zero-order valence-corrected chi connectivity index (χ0v) is 20.2. The highest BCUT2D eigenvalue weighted by Crippen LogP contribution is 2.41. The Labute approximate surface area is 209 Å². The molecule has 3 aromatic carbocycles. The summed E-state index contributed by atoms with van der Waals surface area (Å²) >= 11 is 0. The third kappa shape index (κ3) is 5.53. The van der Waals surface area contributed by atoms with Gasteiger partial charge in [-0.1, -0.05) is 19.1 Å². The molecule has 37 heavy (non-hydrogen) atoms. The first-order valence-electron chi connectivity index (χ1n) is 11.1. The van der Waals surface area contributed by atoms with Crippen molar-refractivity contribution in [2.24, 2.45) is 0 Å². The van der Waals surface area contributed by atoms with E-state index in [1.165, 1.54) is 18.2 Å². The number of carbonyl (C=O) groups is 1. The van der Waals surface area contributed by atoms with Gasteiger partial charge in [0.15, 0.2) is 0 Å². The lowest BCUT2D eigenvalue weighted by Crippen LogP contribution is -2.48. The minimum absolute atomic E-state index is 0.0399. The summed E-state index contributed by atoms with van der Waals surface area (Å²) < 4.78 is 102. The Morgan fingerprint density at radius 2 is 1.84 bits per heavy atom. The first-order valence-corrected chi connectivity index (χ1v) is 12.6. The molecule has 0 bridgehead atoms. The van der Waals surface area contributed by atoms with E-state index in [-0.39, 0.29) is 48.0 Å². The third-order valence-electron chi connectivity index (χ3n) is 5.73. The average Bonchev–Trinajstić information content (AvgIpc) is 2.87. The van der Waals surface area contributed by atoms with Crippen molar-refractivity contribution in [2.45, 2.75) is 30.5 Å². The fourth-order valence-electron chi connectivity index (χ4n) is 3.84. The summed E-state index contributed by atoms with van der Waals surface area (Å²) in [5.74, 6) is -1.74. The molecule has 0 aliphatic carbocycles. The maximum atomic E-state index is 14.4. The van der Waals surface area contributed by atoms with E-state index in [1.54, 1.807) is 6.92 Å². The van der Waals surface area contributed by atoms with Gasteiger partial charge in [-0.05, 0) is 54.1 Å². The average molecular weight is 541 g/mol. The molecule has 1 heterocycles. The SMILES string of the molecule is CCC(=O)NC[C@H]1CN(S(=O)(=O)c2cccc(C(F)(F)F)c2)c2cc(-c3cc(F)ccc3F)ccc2O1. The van der Waals surface area contributed by atoms with Crippen molar-refractivity contribution in [3.8, 4) is 16.9 Å². The lowest BCUT2D eigenvalue weighted by Gasteiger charge is -2.36. The predicted octanol–water partition coefficient (Wildman–Crippen LogP) is 5.13. The molecule has 196 valence electrons. The summed E-state index contributed by atoms with van der Waals surface area (Å²) in [5, 5.41) is 2.60. The smallest absolute Gasteiger partial charge is 0.416 e. The standard InChI is InChI=1S/C25H21F5N2O4S/c1-2-24(33)31-13-18-14-32(37(34,35)19-5-3-4-16(11-19)25(28,29)30)22-10-15(6-9-23(22)36-18)20-12-17(26)7-8-21(20)27/h3-12,18H,2,13-14H2,1H3,(H,31,33)/t18-/m0/s1. The highest BCUT2D eigenvalue weighted by Gasteiger charge is 2.37. The highest BCUT2D eigenvalue weighted by atomic mass is 32.2. The molecule has 0 unspecified atom stereocenters. The Kier molecular flexibility index (Phi) is 7.13. The summed E-state index contributed by atoms with van der Waals surface area (Å²) in [7, 11) is -4.58. The third-order valence-corrected chi connectivity index (χ3v) is 7.50. The topological polar surface area (TPSA) is 75.7 Å². The van der Waals surface area contributed by atoms with Gasteiger partial charge >= 0.3 is 6.18 Å². The summed E-state index contributed by atoms with van der Waals surface area (Å²) in [6.45, 7) is 1.20. The van der Waals surface area contributed by atoms with E-state index in [9.17, 15) is 35.2 Å². The molecule has 3 aromatic rings. The van der Waals surface area contributed by atoms with Crippen molar-refractivity contribution >= 4 is 21.6 Å². The molecule has 4 rings (SSSR count). The number of halogens is 5. The summed E-state index contributed by atoms with van der Waals surface area (Å²) in [6, 6.07) is 10.1. The largest absolute Gasteiger partial charge is 0.484 e. The van der Waals surface area contributed by atoms with Crippen molar-refractivity contribution in [1.82, 2.24) is 5.32 Å². The summed E-state index contributed by atoms with van der Waals surface area (Å²) in [4.78, 5) is 11.1. The Hall–Kier alpha value is -3.67.